The summed E-state index contributed by atoms with van der Waals surface area (Å²) in [5.41, 5.74) is 0. The fraction of sp³-hybridized carbons (Fsp3) is 1.00. The summed E-state index contributed by atoms with van der Waals surface area (Å²) in [7, 11) is -0.954. The Bertz CT molecular complexity index is 183. The van der Waals surface area contributed by atoms with Gasteiger partial charge < -0.3 is 0 Å². The third-order valence-electron chi connectivity index (χ3n) is 4.01. The van der Waals surface area contributed by atoms with E-state index < -0.39 is 7.80 Å². The molecule has 0 rings (SSSR count). The van der Waals surface area contributed by atoms with Crippen LogP contribution in [0.5, 0.6) is 0 Å². The highest BCUT2D eigenvalue weighted by atomic mass is 31.1. The molecule has 2 atom stereocenters. The lowest BCUT2D eigenvalue weighted by Crippen LogP contribution is -2.07. The minimum Gasteiger partial charge on any atom is -0.0748 e. The maximum Gasteiger partial charge on any atom is 0.339 e. The van der Waals surface area contributed by atoms with E-state index in [-0.39, 0.29) is 0 Å². The SMILES string of the molecule is CCCC[C@H](CC)C[P+](=O)C[C@@H](CC)CCCC. The quantitative estimate of drug-likeness (QED) is 0.384. The van der Waals surface area contributed by atoms with Gasteiger partial charge in [-0.05, 0) is 25.7 Å². The van der Waals surface area contributed by atoms with E-state index >= 15 is 0 Å². The maximum atomic E-state index is 12.3. The molecule has 0 aromatic carbocycles. The summed E-state index contributed by atoms with van der Waals surface area (Å²) in [5.74, 6) is 1.41. The maximum absolute atomic E-state index is 12.3. The number of hydrogen-bond donors (Lipinski definition) is 0. The van der Waals surface area contributed by atoms with Gasteiger partial charge in [-0.2, -0.15) is 0 Å². The molecule has 108 valence electrons. The smallest absolute Gasteiger partial charge is 0.0748 e. The highest BCUT2D eigenvalue weighted by molar-refractivity contribution is 7.44. The van der Waals surface area contributed by atoms with Gasteiger partial charge in [0.25, 0.3) is 0 Å². The Morgan fingerprint density at radius 2 is 1.17 bits per heavy atom. The van der Waals surface area contributed by atoms with Crippen LogP contribution in [0.4, 0.5) is 0 Å². The van der Waals surface area contributed by atoms with Crippen LogP contribution in [0.2, 0.25) is 0 Å². The van der Waals surface area contributed by atoms with Gasteiger partial charge in [-0.3, -0.25) is 0 Å². The van der Waals surface area contributed by atoms with Crippen LogP contribution in [-0.2, 0) is 4.57 Å². The van der Waals surface area contributed by atoms with Crippen LogP contribution < -0.4 is 0 Å². The van der Waals surface area contributed by atoms with E-state index in [9.17, 15) is 4.57 Å². The van der Waals surface area contributed by atoms with Crippen molar-refractivity contribution in [3.63, 3.8) is 0 Å². The minimum absolute atomic E-state index is 0.706. The highest BCUT2D eigenvalue weighted by Crippen LogP contribution is 2.33. The van der Waals surface area contributed by atoms with Gasteiger partial charge in [0.2, 0.25) is 0 Å². The molecule has 0 aromatic heterocycles. The lowest BCUT2D eigenvalue weighted by Gasteiger charge is -2.11. The largest absolute Gasteiger partial charge is 0.339 e. The Hall–Kier alpha value is 0.100. The molecule has 1 nitrogen and oxygen atoms in total. The van der Waals surface area contributed by atoms with Crippen molar-refractivity contribution in [3.8, 4) is 0 Å². The van der Waals surface area contributed by atoms with Crippen molar-refractivity contribution in [2.45, 2.75) is 79.1 Å². The summed E-state index contributed by atoms with van der Waals surface area (Å²) in [6.07, 6.45) is 12.0. The molecule has 0 aliphatic carbocycles. The Balaban J connectivity index is 3.96. The van der Waals surface area contributed by atoms with Crippen molar-refractivity contribution in [2.75, 3.05) is 12.3 Å². The molecule has 0 saturated carbocycles. The molecule has 0 saturated heterocycles. The predicted octanol–water partition coefficient (Wildman–Crippen LogP) is 6.25. The summed E-state index contributed by atoms with van der Waals surface area (Å²) >= 11 is 0. The second-order valence-corrected chi connectivity index (χ2v) is 7.37. The Labute approximate surface area is 116 Å². The first-order chi connectivity index (χ1) is 8.67. The van der Waals surface area contributed by atoms with Gasteiger partial charge in [0.15, 0.2) is 0 Å². The van der Waals surface area contributed by atoms with Gasteiger partial charge in [0, 0.05) is 11.8 Å². The number of unbranched alkanes of at least 4 members (excludes halogenated alkanes) is 2. The van der Waals surface area contributed by atoms with E-state index in [1.54, 1.807) is 0 Å². The average molecular weight is 273 g/mol. The first-order valence-electron chi connectivity index (χ1n) is 8.09. The van der Waals surface area contributed by atoms with E-state index in [2.05, 4.69) is 27.7 Å². The summed E-state index contributed by atoms with van der Waals surface area (Å²) < 4.78 is 12.3. The summed E-state index contributed by atoms with van der Waals surface area (Å²) in [6, 6.07) is 0. The summed E-state index contributed by atoms with van der Waals surface area (Å²) in [5, 5.41) is 0. The summed E-state index contributed by atoms with van der Waals surface area (Å²) in [4.78, 5) is 0. The van der Waals surface area contributed by atoms with Gasteiger partial charge >= 0.3 is 7.80 Å². The van der Waals surface area contributed by atoms with Gasteiger partial charge in [0.05, 0.1) is 0 Å². The molecule has 0 aliphatic rings. The van der Waals surface area contributed by atoms with Crippen LogP contribution in [0.1, 0.15) is 79.1 Å². The van der Waals surface area contributed by atoms with Crippen LogP contribution in [0.15, 0.2) is 0 Å². The molecule has 0 bridgehead atoms. The molecule has 0 aliphatic heterocycles. The second kappa shape index (κ2) is 12.2. The van der Waals surface area contributed by atoms with Gasteiger partial charge in [-0.25, -0.2) is 0 Å². The van der Waals surface area contributed by atoms with Gasteiger partial charge in [0.1, 0.15) is 12.3 Å². The van der Waals surface area contributed by atoms with Crippen LogP contribution in [0, 0.1) is 11.8 Å². The molecule has 0 amide bonds. The van der Waals surface area contributed by atoms with E-state index in [0.29, 0.717) is 11.8 Å². The van der Waals surface area contributed by atoms with Gasteiger partial charge in [-0.1, -0.05) is 57.9 Å². The molecule has 0 N–H and O–H groups in total. The number of hydrogen-bond acceptors (Lipinski definition) is 1. The molecular formula is C16H34OP+. The van der Waals surface area contributed by atoms with Crippen molar-refractivity contribution in [3.05, 3.63) is 0 Å². The van der Waals surface area contributed by atoms with Crippen LogP contribution in [0.25, 0.3) is 0 Å². The zero-order valence-electron chi connectivity index (χ0n) is 13.1. The van der Waals surface area contributed by atoms with Crippen molar-refractivity contribution in [1.82, 2.24) is 0 Å². The molecular weight excluding hydrogens is 239 g/mol. The monoisotopic (exact) mass is 273 g/mol. The third-order valence-corrected chi connectivity index (χ3v) is 5.86. The standard InChI is InChI=1S/C16H34OP/c1-5-9-11-15(7-3)13-18(17)14-16(8-4)12-10-6-2/h15-16H,5-14H2,1-4H3/q+1/t15-,16-/m0/s1. The first kappa shape index (κ1) is 18.1. The molecule has 0 heterocycles. The van der Waals surface area contributed by atoms with E-state index in [1.165, 1.54) is 51.4 Å². The van der Waals surface area contributed by atoms with Crippen LogP contribution in [-0.4, -0.2) is 12.3 Å². The lowest BCUT2D eigenvalue weighted by atomic mass is 10.0. The highest BCUT2D eigenvalue weighted by Gasteiger charge is 2.25. The fourth-order valence-corrected chi connectivity index (χ4v) is 4.67. The lowest BCUT2D eigenvalue weighted by molar-refractivity contribution is 0.470. The molecule has 0 fully saturated rings. The molecule has 18 heavy (non-hydrogen) atoms. The van der Waals surface area contributed by atoms with Gasteiger partial charge in [-0.15, -0.1) is 0 Å². The molecule has 0 radical (unpaired) electrons. The van der Waals surface area contributed by atoms with Crippen LogP contribution >= 0.6 is 7.80 Å². The summed E-state index contributed by atoms with van der Waals surface area (Å²) in [6.45, 7) is 8.98. The molecule has 2 heteroatoms. The Morgan fingerprint density at radius 1 is 0.778 bits per heavy atom. The third kappa shape index (κ3) is 9.09. The predicted molar refractivity (Wildman–Crippen MR) is 84.0 cm³/mol. The van der Waals surface area contributed by atoms with Crippen molar-refractivity contribution in [2.24, 2.45) is 11.8 Å². The van der Waals surface area contributed by atoms with E-state index in [0.717, 1.165) is 12.3 Å². The van der Waals surface area contributed by atoms with Crippen molar-refractivity contribution < 1.29 is 4.57 Å². The Kier molecular flexibility index (Phi) is 12.2. The van der Waals surface area contributed by atoms with Crippen molar-refractivity contribution >= 4 is 7.80 Å². The molecule has 0 spiro atoms. The second-order valence-electron chi connectivity index (χ2n) is 5.68. The normalized spacial score (nSPS) is 14.4. The molecule has 0 unspecified atom stereocenters. The first-order valence-corrected chi connectivity index (χ1v) is 9.72. The number of rotatable bonds is 12. The fourth-order valence-electron chi connectivity index (χ4n) is 2.49. The van der Waals surface area contributed by atoms with E-state index in [1.807, 2.05) is 0 Å². The van der Waals surface area contributed by atoms with E-state index in [4.69, 9.17) is 0 Å². The average Bonchev–Trinajstić information content (AvgIpc) is 2.39. The van der Waals surface area contributed by atoms with Crippen LogP contribution in [0.3, 0.4) is 0 Å². The Morgan fingerprint density at radius 3 is 1.44 bits per heavy atom. The topological polar surface area (TPSA) is 17.1 Å². The zero-order chi connectivity index (χ0) is 13.8. The minimum atomic E-state index is -0.954. The zero-order valence-corrected chi connectivity index (χ0v) is 14.0. The molecule has 0 aromatic rings. The van der Waals surface area contributed by atoms with Crippen molar-refractivity contribution in [1.29, 1.82) is 0 Å².